The molecule has 1 aromatic rings. The number of aliphatic carboxylic acids is 1. The van der Waals surface area contributed by atoms with Gasteiger partial charge >= 0.3 is 5.97 Å². The minimum atomic E-state index is -1.12. The molecule has 0 aliphatic carbocycles. The summed E-state index contributed by atoms with van der Waals surface area (Å²) in [6.45, 7) is 7.58. The van der Waals surface area contributed by atoms with Gasteiger partial charge in [0.25, 0.3) is 5.91 Å². The Labute approximate surface area is 147 Å². The Morgan fingerprint density at radius 2 is 1.84 bits per heavy atom. The van der Waals surface area contributed by atoms with E-state index in [-0.39, 0.29) is 18.6 Å². The van der Waals surface area contributed by atoms with Gasteiger partial charge in [-0.05, 0) is 39.8 Å². The summed E-state index contributed by atoms with van der Waals surface area (Å²) in [5.41, 5.74) is -0.369. The van der Waals surface area contributed by atoms with Crippen molar-refractivity contribution in [2.45, 2.75) is 58.0 Å². The van der Waals surface area contributed by atoms with Crippen LogP contribution < -0.4 is 14.8 Å². The summed E-state index contributed by atoms with van der Waals surface area (Å²) in [6, 6.07) is 5.99. The van der Waals surface area contributed by atoms with Gasteiger partial charge in [-0.2, -0.15) is 0 Å². The van der Waals surface area contributed by atoms with Crippen molar-refractivity contribution in [1.29, 1.82) is 0 Å². The summed E-state index contributed by atoms with van der Waals surface area (Å²) in [5, 5.41) is 11.8. The van der Waals surface area contributed by atoms with Gasteiger partial charge < -0.3 is 24.6 Å². The second-order valence-electron chi connectivity index (χ2n) is 6.96. The second kappa shape index (κ2) is 7.74. The zero-order valence-corrected chi connectivity index (χ0v) is 14.9. The fourth-order valence-electron chi connectivity index (χ4n) is 2.40. The van der Waals surface area contributed by atoms with Crippen LogP contribution in [0.2, 0.25) is 0 Å². The predicted molar refractivity (Wildman–Crippen MR) is 90.8 cm³/mol. The van der Waals surface area contributed by atoms with E-state index in [9.17, 15) is 14.7 Å². The van der Waals surface area contributed by atoms with E-state index in [1.807, 2.05) is 26.8 Å². The van der Waals surface area contributed by atoms with E-state index in [1.54, 1.807) is 25.1 Å². The summed E-state index contributed by atoms with van der Waals surface area (Å²) in [5.74, 6) is -0.614. The number of para-hydroxylation sites is 2. The molecule has 1 aromatic carbocycles. The fourth-order valence-corrected chi connectivity index (χ4v) is 2.40. The third-order valence-corrected chi connectivity index (χ3v) is 3.66. The van der Waals surface area contributed by atoms with Crippen LogP contribution in [0, 0.1) is 0 Å². The first-order valence-corrected chi connectivity index (χ1v) is 8.27. The Balaban J connectivity index is 1.97. The van der Waals surface area contributed by atoms with Gasteiger partial charge in [0.05, 0.1) is 5.60 Å². The molecule has 0 bridgehead atoms. The number of ether oxygens (including phenoxy) is 3. The minimum Gasteiger partial charge on any atom is -0.482 e. The molecule has 1 aliphatic rings. The lowest BCUT2D eigenvalue weighted by molar-refractivity contribution is -0.145. The molecule has 1 aliphatic heterocycles. The maximum atomic E-state index is 12.5. The average Bonchev–Trinajstić information content (AvgIpc) is 2.51. The van der Waals surface area contributed by atoms with Crippen molar-refractivity contribution in [3.05, 3.63) is 24.3 Å². The SMILES string of the molecule is CC1Oc2ccccc2OC1C(=O)NC(CCOC(C)(C)C)C(=O)O. The largest absolute Gasteiger partial charge is 0.482 e. The average molecular weight is 351 g/mol. The van der Waals surface area contributed by atoms with Crippen LogP contribution in [0.1, 0.15) is 34.1 Å². The lowest BCUT2D eigenvalue weighted by Gasteiger charge is -2.31. The molecule has 1 heterocycles. The van der Waals surface area contributed by atoms with Crippen molar-refractivity contribution in [3.8, 4) is 11.5 Å². The van der Waals surface area contributed by atoms with Crippen LogP contribution in [0.15, 0.2) is 24.3 Å². The lowest BCUT2D eigenvalue weighted by atomic mass is 10.1. The predicted octanol–water partition coefficient (Wildman–Crippen LogP) is 1.99. The Bertz CT molecular complexity index is 624. The molecule has 0 fully saturated rings. The number of carboxylic acid groups (broad SMARTS) is 1. The van der Waals surface area contributed by atoms with E-state index in [0.29, 0.717) is 11.5 Å². The van der Waals surface area contributed by atoms with Gasteiger partial charge in [0.15, 0.2) is 11.5 Å². The fraction of sp³-hybridized carbons (Fsp3) is 0.556. The third-order valence-electron chi connectivity index (χ3n) is 3.66. The number of carboxylic acids is 1. The van der Waals surface area contributed by atoms with E-state index in [1.165, 1.54) is 0 Å². The smallest absolute Gasteiger partial charge is 0.326 e. The molecule has 0 saturated carbocycles. The van der Waals surface area contributed by atoms with Crippen LogP contribution in [-0.4, -0.2) is 47.4 Å². The first-order valence-electron chi connectivity index (χ1n) is 8.27. The van der Waals surface area contributed by atoms with Crippen molar-refractivity contribution in [3.63, 3.8) is 0 Å². The van der Waals surface area contributed by atoms with Crippen molar-refractivity contribution in [1.82, 2.24) is 5.32 Å². The highest BCUT2D eigenvalue weighted by Gasteiger charge is 2.36. The van der Waals surface area contributed by atoms with Crippen LogP contribution in [0.4, 0.5) is 0 Å². The molecule has 7 heteroatoms. The van der Waals surface area contributed by atoms with E-state index >= 15 is 0 Å². The van der Waals surface area contributed by atoms with Crippen LogP contribution in [0.3, 0.4) is 0 Å². The summed E-state index contributed by atoms with van der Waals surface area (Å²) < 4.78 is 16.9. The highest BCUT2D eigenvalue weighted by Crippen LogP contribution is 2.33. The van der Waals surface area contributed by atoms with Crippen molar-refractivity contribution in [2.24, 2.45) is 0 Å². The Hall–Kier alpha value is -2.28. The molecular weight excluding hydrogens is 326 g/mol. The Kier molecular flexibility index (Phi) is 5.89. The van der Waals surface area contributed by atoms with E-state index < -0.39 is 30.1 Å². The highest BCUT2D eigenvalue weighted by atomic mass is 16.6. The van der Waals surface area contributed by atoms with Gasteiger partial charge in [-0.1, -0.05) is 12.1 Å². The van der Waals surface area contributed by atoms with E-state index in [0.717, 1.165) is 0 Å². The first-order chi connectivity index (χ1) is 11.7. The molecule has 0 saturated heterocycles. The number of carbonyl (C=O) groups excluding carboxylic acids is 1. The van der Waals surface area contributed by atoms with Crippen LogP contribution in [0.5, 0.6) is 11.5 Å². The molecule has 0 radical (unpaired) electrons. The molecule has 0 spiro atoms. The first kappa shape index (κ1) is 19.1. The van der Waals surface area contributed by atoms with E-state index in [4.69, 9.17) is 14.2 Å². The number of hydrogen-bond donors (Lipinski definition) is 2. The standard InChI is InChI=1S/C18H25NO6/c1-11-15(25-14-8-6-5-7-13(14)24-11)16(20)19-12(17(21)22)9-10-23-18(2,3)4/h5-8,11-12,15H,9-10H2,1-4H3,(H,19,20)(H,21,22). The zero-order chi connectivity index (χ0) is 18.6. The summed E-state index contributed by atoms with van der Waals surface area (Å²) in [7, 11) is 0. The summed E-state index contributed by atoms with van der Waals surface area (Å²) in [6.07, 6.45) is -1.29. The molecule has 0 aromatic heterocycles. The van der Waals surface area contributed by atoms with Gasteiger partial charge in [0.1, 0.15) is 12.1 Å². The third kappa shape index (κ3) is 5.35. The molecular formula is C18H25NO6. The molecule has 25 heavy (non-hydrogen) atoms. The van der Waals surface area contributed by atoms with Gasteiger partial charge in [0, 0.05) is 13.0 Å². The maximum absolute atomic E-state index is 12.5. The number of nitrogens with one attached hydrogen (secondary N) is 1. The molecule has 1 amide bonds. The molecule has 3 unspecified atom stereocenters. The van der Waals surface area contributed by atoms with Crippen molar-refractivity contribution in [2.75, 3.05) is 6.61 Å². The maximum Gasteiger partial charge on any atom is 0.326 e. The normalized spacial score (nSPS) is 20.6. The van der Waals surface area contributed by atoms with E-state index in [2.05, 4.69) is 5.32 Å². The monoisotopic (exact) mass is 351 g/mol. The van der Waals surface area contributed by atoms with Gasteiger partial charge in [-0.3, -0.25) is 4.79 Å². The number of amides is 1. The van der Waals surface area contributed by atoms with Crippen LogP contribution >= 0.6 is 0 Å². The topological polar surface area (TPSA) is 94.1 Å². The summed E-state index contributed by atoms with van der Waals surface area (Å²) >= 11 is 0. The molecule has 2 N–H and O–H groups in total. The van der Waals surface area contributed by atoms with Gasteiger partial charge in [-0.15, -0.1) is 0 Å². The quantitative estimate of drug-likeness (QED) is 0.814. The number of fused-ring (bicyclic) bond motifs is 1. The van der Waals surface area contributed by atoms with Gasteiger partial charge in [-0.25, -0.2) is 4.79 Å². The second-order valence-corrected chi connectivity index (χ2v) is 6.96. The van der Waals surface area contributed by atoms with Crippen molar-refractivity contribution < 1.29 is 28.9 Å². The molecule has 7 nitrogen and oxygen atoms in total. The Morgan fingerprint density at radius 3 is 2.40 bits per heavy atom. The lowest BCUT2D eigenvalue weighted by Crippen LogP contribution is -2.53. The number of carbonyl (C=O) groups is 2. The molecule has 138 valence electrons. The minimum absolute atomic E-state index is 0.164. The van der Waals surface area contributed by atoms with Crippen molar-refractivity contribution >= 4 is 11.9 Å². The zero-order valence-electron chi connectivity index (χ0n) is 14.9. The number of hydrogen-bond acceptors (Lipinski definition) is 5. The molecule has 2 rings (SSSR count). The molecule has 3 atom stereocenters. The number of benzene rings is 1. The summed E-state index contributed by atoms with van der Waals surface area (Å²) in [4.78, 5) is 23.9. The van der Waals surface area contributed by atoms with Crippen LogP contribution in [-0.2, 0) is 14.3 Å². The Morgan fingerprint density at radius 1 is 1.24 bits per heavy atom. The number of rotatable bonds is 6. The van der Waals surface area contributed by atoms with Gasteiger partial charge in [0.2, 0.25) is 6.10 Å². The van der Waals surface area contributed by atoms with Crippen LogP contribution in [0.25, 0.3) is 0 Å². The highest BCUT2D eigenvalue weighted by molar-refractivity contribution is 5.87.